The molecule has 0 spiro atoms. The maximum Gasteiger partial charge on any atom is 0.141 e. The van der Waals surface area contributed by atoms with E-state index in [1.807, 2.05) is 27.5 Å². The van der Waals surface area contributed by atoms with E-state index in [4.69, 9.17) is 4.42 Å². The number of para-hydroxylation sites is 1. The smallest absolute Gasteiger partial charge is 0.141 e. The van der Waals surface area contributed by atoms with Gasteiger partial charge < -0.3 is 13.6 Å². The van der Waals surface area contributed by atoms with Crippen LogP contribution < -0.4 is 14.3 Å². The van der Waals surface area contributed by atoms with Gasteiger partial charge in [0.2, 0.25) is 0 Å². The largest absolute Gasteiger partial charge is 0.469 e. The number of nitrogens with zero attached hydrogens (tertiary/aromatic N) is 2. The molecule has 0 bridgehead atoms. The van der Waals surface area contributed by atoms with E-state index in [1.54, 1.807) is 0 Å². The molecule has 3 heterocycles. The Balaban J connectivity index is 0.000000201. The molecule has 3 aromatic heterocycles. The van der Waals surface area contributed by atoms with Gasteiger partial charge in [0.25, 0.3) is 0 Å². The predicted molar refractivity (Wildman–Crippen MR) is 274 cm³/mol. The zero-order valence-electron chi connectivity index (χ0n) is 39.1. The maximum atomic E-state index is 6.72. The van der Waals surface area contributed by atoms with E-state index in [0.717, 1.165) is 77.8 Å². The summed E-state index contributed by atoms with van der Waals surface area (Å²) in [6.07, 6.45) is 4.26. The summed E-state index contributed by atoms with van der Waals surface area (Å²) >= 11 is 0. The van der Waals surface area contributed by atoms with Crippen LogP contribution in [0.1, 0.15) is 62.8 Å². The first-order valence-electron chi connectivity index (χ1n) is 22.3. The van der Waals surface area contributed by atoms with Gasteiger partial charge in [-0.15, -0.1) is 23.8 Å². The van der Waals surface area contributed by atoms with Gasteiger partial charge in [0.15, 0.2) is 0 Å². The fraction of sp³-hybridized carbons (Fsp3) is 0.167. The molecule has 0 aliphatic heterocycles. The fourth-order valence-electron chi connectivity index (χ4n) is 8.69. The first-order chi connectivity index (χ1) is 30.5. The molecule has 0 saturated carbocycles. The number of benzene rings is 6. The molecule has 0 aliphatic carbocycles. The molecule has 0 N–H and O–H groups in total. The molecule has 65 heavy (non-hydrogen) atoms. The Hall–Kier alpha value is -6.23. The molecule has 0 fully saturated rings. The number of fused-ring (bicyclic) bond motifs is 3. The number of hydrogen-bond donors (Lipinski definition) is 0. The quantitative estimate of drug-likeness (QED) is 0.0885. The van der Waals surface area contributed by atoms with E-state index in [2.05, 4.69) is 228 Å². The summed E-state index contributed by atoms with van der Waals surface area (Å²) in [6, 6.07) is 53.4. The Labute approximate surface area is 402 Å². The summed E-state index contributed by atoms with van der Waals surface area (Å²) < 4.78 is 10.7. The second-order valence-corrected chi connectivity index (χ2v) is 24.4. The zero-order valence-corrected chi connectivity index (χ0v) is 42.5. The van der Waals surface area contributed by atoms with Crippen LogP contribution in [0, 0.1) is 27.9 Å². The molecule has 0 saturated heterocycles. The van der Waals surface area contributed by atoms with Crippen LogP contribution in [0.3, 0.4) is 0 Å². The van der Waals surface area contributed by atoms with Gasteiger partial charge in [-0.2, -0.15) is 37.1 Å². The topological polar surface area (TPSA) is 20.9 Å². The van der Waals surface area contributed by atoms with Crippen LogP contribution in [0.4, 0.5) is 0 Å². The van der Waals surface area contributed by atoms with Gasteiger partial charge in [0.1, 0.15) is 5.58 Å². The molecule has 0 unspecified atom stereocenters. The van der Waals surface area contributed by atoms with E-state index in [9.17, 15) is 0 Å². The van der Waals surface area contributed by atoms with Crippen molar-refractivity contribution >= 4 is 35.2 Å². The normalized spacial score (nSPS) is 11.6. The summed E-state index contributed by atoms with van der Waals surface area (Å²) in [4.78, 5) is 0. The average molecular weight is 1050 g/mol. The number of furan rings is 1. The van der Waals surface area contributed by atoms with Crippen molar-refractivity contribution < 1.29 is 33.7 Å². The second-order valence-electron chi connectivity index (χ2n) is 19.4. The summed E-state index contributed by atoms with van der Waals surface area (Å²) in [5.74, 6) is 0.484. The second kappa shape index (κ2) is 18.7. The molecule has 3 nitrogen and oxygen atoms in total. The Morgan fingerprint density at radius 1 is 0.538 bits per heavy atom. The maximum absolute atomic E-state index is 6.72. The fourth-order valence-corrected chi connectivity index (χ4v) is 10.5. The third-order valence-electron chi connectivity index (χ3n) is 12.3. The minimum atomic E-state index is -1.45. The first-order valence-corrected chi connectivity index (χ1v) is 25.8. The Morgan fingerprint density at radius 3 is 1.72 bits per heavy atom. The van der Waals surface area contributed by atoms with Gasteiger partial charge in [-0.25, -0.2) is 0 Å². The molecule has 5 heteroatoms. The summed E-state index contributed by atoms with van der Waals surface area (Å²) in [5.41, 5.74) is 17.7. The van der Waals surface area contributed by atoms with Crippen molar-refractivity contribution in [3.63, 3.8) is 0 Å². The van der Waals surface area contributed by atoms with Crippen molar-refractivity contribution in [1.82, 2.24) is 0 Å². The van der Waals surface area contributed by atoms with Crippen LogP contribution in [0.2, 0.25) is 19.6 Å². The van der Waals surface area contributed by atoms with Crippen LogP contribution in [0.5, 0.6) is 0 Å². The van der Waals surface area contributed by atoms with Gasteiger partial charge in [-0.05, 0) is 56.0 Å². The number of aromatic nitrogens is 2. The van der Waals surface area contributed by atoms with E-state index in [0.29, 0.717) is 5.92 Å². The molecular formula is C60H60IrN2OSi-2. The van der Waals surface area contributed by atoms with Crippen LogP contribution in [-0.2, 0) is 25.5 Å². The van der Waals surface area contributed by atoms with E-state index < -0.39 is 8.07 Å². The first kappa shape index (κ1) is 46.7. The molecule has 9 aromatic rings. The molecule has 331 valence electrons. The van der Waals surface area contributed by atoms with Crippen molar-refractivity contribution in [2.45, 2.75) is 65.6 Å². The molecular weight excluding hydrogens is 985 g/mol. The Kier molecular flexibility index (Phi) is 13.5. The average Bonchev–Trinajstić information content (AvgIpc) is 3.66. The summed E-state index contributed by atoms with van der Waals surface area (Å²) in [7, 11) is 7.15. The minimum Gasteiger partial charge on any atom is -0.469 e. The molecule has 0 amide bonds. The van der Waals surface area contributed by atoms with Crippen molar-refractivity contribution in [2.24, 2.45) is 0 Å². The van der Waals surface area contributed by atoms with Crippen LogP contribution in [0.15, 0.2) is 168 Å². The molecule has 1 radical (unpaired) electrons. The SMILES string of the molecule is [CH2-]c1ccc(-c2ccccc2)cc1-c1cc(C(C)C)c([Si](C)(C)C)c[n+]1[CH2-].[CH2-]c1ccc2c(oc3c(-c4ccc(C(C)(C)C)cc4)cccc32)c1-c1cc(-c2ccccc2)cc[n+]1[CH2-].[Ir]. The molecule has 9 rings (SSSR count). The Morgan fingerprint density at radius 2 is 1.12 bits per heavy atom. The zero-order chi connectivity index (χ0) is 45.5. The molecule has 0 atom stereocenters. The Bertz CT molecular complexity index is 3120. The van der Waals surface area contributed by atoms with Gasteiger partial charge in [0, 0.05) is 50.5 Å². The summed E-state index contributed by atoms with van der Waals surface area (Å²) in [5, 5.41) is 3.67. The van der Waals surface area contributed by atoms with Gasteiger partial charge in [-0.3, -0.25) is 0 Å². The standard InChI is InChI=1S/C35H30NO.C25H30NSi.Ir/c1-23-14-19-30-29-13-9-12-28(25-15-17-27(18-16-25)35(2,3)4)33(29)37-34(30)32(23)31-22-26(20-21-36(31)5)24-10-7-6-8-11-24;1-18(2)22-16-24(26(4)17-25(22)27(5,6)7)23-15-21(14-13-19(23)3)20-11-9-8-10-12-20;/h6-22H,1,5H2,2-4H3;8-18H,3-4H2,1-2,5-7H3;/q2*-1;. The van der Waals surface area contributed by atoms with Crippen LogP contribution in [0.25, 0.3) is 77.8 Å². The van der Waals surface area contributed by atoms with Crippen molar-refractivity contribution in [3.05, 3.63) is 214 Å². The van der Waals surface area contributed by atoms with Gasteiger partial charge >= 0.3 is 0 Å². The monoisotopic (exact) mass is 1050 g/mol. The minimum absolute atomic E-state index is 0. The third kappa shape index (κ3) is 9.60. The van der Waals surface area contributed by atoms with Crippen molar-refractivity contribution in [2.75, 3.05) is 0 Å². The van der Waals surface area contributed by atoms with Gasteiger partial charge in [-0.1, -0.05) is 181 Å². The van der Waals surface area contributed by atoms with E-state index >= 15 is 0 Å². The van der Waals surface area contributed by atoms with E-state index in [-0.39, 0.29) is 25.5 Å². The van der Waals surface area contributed by atoms with E-state index in [1.165, 1.54) is 27.4 Å². The van der Waals surface area contributed by atoms with Crippen LogP contribution >= 0.6 is 0 Å². The van der Waals surface area contributed by atoms with Crippen molar-refractivity contribution in [3.8, 4) is 55.9 Å². The molecule has 6 aromatic carbocycles. The van der Waals surface area contributed by atoms with Crippen LogP contribution in [-0.4, -0.2) is 8.07 Å². The predicted octanol–water partition coefficient (Wildman–Crippen LogP) is 14.8. The van der Waals surface area contributed by atoms with Gasteiger partial charge in [0.05, 0.1) is 37.4 Å². The van der Waals surface area contributed by atoms with Crippen molar-refractivity contribution in [1.29, 1.82) is 0 Å². The number of rotatable bonds is 7. The number of hydrogen-bond acceptors (Lipinski definition) is 1. The third-order valence-corrected chi connectivity index (χ3v) is 14.4. The molecule has 0 aliphatic rings. The summed E-state index contributed by atoms with van der Waals surface area (Å²) in [6.45, 7) is 27.1. The number of pyridine rings is 2.